The normalized spacial score (nSPS) is 23.0. The maximum atomic E-state index is 12.6. The van der Waals surface area contributed by atoms with Gasteiger partial charge in [-0.05, 0) is 29.3 Å². The highest BCUT2D eigenvalue weighted by atomic mass is 32.2. The van der Waals surface area contributed by atoms with Crippen molar-refractivity contribution in [2.45, 2.75) is 17.4 Å². The van der Waals surface area contributed by atoms with Gasteiger partial charge in [0.1, 0.15) is 0 Å². The molecule has 7 heteroatoms. The molecule has 0 saturated carbocycles. The summed E-state index contributed by atoms with van der Waals surface area (Å²) < 4.78 is 23.3. The van der Waals surface area contributed by atoms with E-state index in [0.717, 1.165) is 24.4 Å². The van der Waals surface area contributed by atoms with Crippen molar-refractivity contribution in [3.63, 3.8) is 0 Å². The van der Waals surface area contributed by atoms with Crippen LogP contribution < -0.4 is 0 Å². The fourth-order valence-corrected chi connectivity index (χ4v) is 6.50. The van der Waals surface area contributed by atoms with Gasteiger partial charge in [0.05, 0.1) is 17.3 Å². The van der Waals surface area contributed by atoms with Crippen LogP contribution in [0.4, 0.5) is 0 Å². The first-order chi connectivity index (χ1) is 13.0. The van der Waals surface area contributed by atoms with Gasteiger partial charge in [-0.25, -0.2) is 8.42 Å². The summed E-state index contributed by atoms with van der Waals surface area (Å²) in [5.74, 6) is 1.18. The summed E-state index contributed by atoms with van der Waals surface area (Å²) >= 11 is 1.58. The fourth-order valence-electron chi connectivity index (χ4n) is 3.89. The van der Waals surface area contributed by atoms with E-state index in [4.69, 9.17) is 0 Å². The molecule has 144 valence electrons. The van der Waals surface area contributed by atoms with Crippen molar-refractivity contribution in [2.24, 2.45) is 0 Å². The van der Waals surface area contributed by atoms with Gasteiger partial charge in [0.15, 0.2) is 9.84 Å². The average molecular weight is 405 g/mol. The number of rotatable bonds is 4. The van der Waals surface area contributed by atoms with Crippen LogP contribution in [0.1, 0.15) is 6.42 Å². The fraction of sp³-hybridized carbons (Fsp3) is 0.450. The lowest BCUT2D eigenvalue weighted by molar-refractivity contribution is -0.130. The Morgan fingerprint density at radius 2 is 1.78 bits per heavy atom. The highest BCUT2D eigenvalue weighted by molar-refractivity contribution is 8.00. The molecule has 0 spiro atoms. The molecule has 0 aliphatic carbocycles. The second kappa shape index (κ2) is 7.81. The van der Waals surface area contributed by atoms with Crippen LogP contribution in [0.2, 0.25) is 0 Å². The minimum absolute atomic E-state index is 0.138. The van der Waals surface area contributed by atoms with E-state index < -0.39 is 9.84 Å². The van der Waals surface area contributed by atoms with E-state index in [2.05, 4.69) is 35.2 Å². The van der Waals surface area contributed by atoms with Gasteiger partial charge in [-0.15, -0.1) is 11.8 Å². The van der Waals surface area contributed by atoms with Crippen LogP contribution in [-0.4, -0.2) is 73.6 Å². The Hall–Kier alpha value is -1.57. The van der Waals surface area contributed by atoms with Gasteiger partial charge >= 0.3 is 0 Å². The lowest BCUT2D eigenvalue weighted by Crippen LogP contribution is -2.52. The van der Waals surface area contributed by atoms with Gasteiger partial charge in [-0.3, -0.25) is 9.69 Å². The molecule has 1 atom stereocenters. The summed E-state index contributed by atoms with van der Waals surface area (Å²) in [6.45, 7) is 2.92. The molecule has 2 aromatic carbocycles. The van der Waals surface area contributed by atoms with Gasteiger partial charge in [0.2, 0.25) is 5.91 Å². The molecule has 0 bridgehead atoms. The lowest BCUT2D eigenvalue weighted by Gasteiger charge is -2.37. The van der Waals surface area contributed by atoms with Crippen LogP contribution in [0, 0.1) is 0 Å². The molecule has 27 heavy (non-hydrogen) atoms. The zero-order valence-electron chi connectivity index (χ0n) is 15.2. The van der Waals surface area contributed by atoms with E-state index in [1.54, 1.807) is 11.8 Å². The van der Waals surface area contributed by atoms with E-state index in [0.29, 0.717) is 24.6 Å². The Labute approximate surface area is 164 Å². The Kier molecular flexibility index (Phi) is 5.43. The highest BCUT2D eigenvalue weighted by Gasteiger charge is 2.34. The molecule has 0 radical (unpaired) electrons. The van der Waals surface area contributed by atoms with Crippen LogP contribution in [0.15, 0.2) is 47.4 Å². The molecule has 1 unspecified atom stereocenters. The minimum atomic E-state index is -2.86. The first kappa shape index (κ1) is 18.8. The Morgan fingerprint density at radius 1 is 1.04 bits per heavy atom. The number of hydrogen-bond donors (Lipinski definition) is 0. The zero-order valence-corrected chi connectivity index (χ0v) is 16.8. The largest absolute Gasteiger partial charge is 0.339 e. The molecule has 2 aliphatic heterocycles. The lowest BCUT2D eigenvalue weighted by atomic mass is 10.1. The second-order valence-electron chi connectivity index (χ2n) is 7.27. The number of carbonyl (C=O) groups excluding carboxylic acids is 1. The summed E-state index contributed by atoms with van der Waals surface area (Å²) in [6.07, 6.45) is 0.730. The van der Waals surface area contributed by atoms with E-state index in [1.807, 2.05) is 17.0 Å². The standard InChI is InChI=1S/C20H24N2O3S2/c23-20(14-26-19-6-5-16-3-1-2-4-17(16)13-19)22-10-8-21(9-11-22)18-7-12-27(24,25)15-18/h1-6,13,18H,7-12,14-15H2. The van der Waals surface area contributed by atoms with E-state index in [9.17, 15) is 13.2 Å². The molecular formula is C20H24N2O3S2. The second-order valence-corrected chi connectivity index (χ2v) is 10.5. The minimum Gasteiger partial charge on any atom is -0.339 e. The highest BCUT2D eigenvalue weighted by Crippen LogP contribution is 2.24. The van der Waals surface area contributed by atoms with Crippen LogP contribution in [0.3, 0.4) is 0 Å². The number of thioether (sulfide) groups is 1. The van der Waals surface area contributed by atoms with Crippen molar-refractivity contribution >= 4 is 38.3 Å². The maximum absolute atomic E-state index is 12.6. The number of amides is 1. The molecule has 0 N–H and O–H groups in total. The zero-order chi connectivity index (χ0) is 18.9. The number of carbonyl (C=O) groups is 1. The third kappa shape index (κ3) is 4.47. The summed E-state index contributed by atoms with van der Waals surface area (Å²) in [4.78, 5) is 17.8. The Bertz CT molecular complexity index is 937. The first-order valence-electron chi connectivity index (χ1n) is 9.34. The molecule has 2 heterocycles. The van der Waals surface area contributed by atoms with Crippen molar-refractivity contribution in [3.8, 4) is 0 Å². The number of piperazine rings is 1. The molecule has 2 aromatic rings. The third-order valence-corrected chi connectivity index (χ3v) is 8.20. The van der Waals surface area contributed by atoms with Crippen molar-refractivity contribution in [1.29, 1.82) is 0 Å². The summed E-state index contributed by atoms with van der Waals surface area (Å²) in [6, 6.07) is 14.7. The number of hydrogen-bond acceptors (Lipinski definition) is 5. The molecule has 2 fully saturated rings. The summed E-state index contributed by atoms with van der Waals surface area (Å²) in [7, 11) is -2.86. The monoisotopic (exact) mass is 404 g/mol. The van der Waals surface area contributed by atoms with Gasteiger partial charge in [0, 0.05) is 37.1 Å². The predicted molar refractivity (Wildman–Crippen MR) is 110 cm³/mol. The number of fused-ring (bicyclic) bond motifs is 1. The van der Waals surface area contributed by atoms with Gasteiger partial charge in [0.25, 0.3) is 0 Å². The molecule has 4 rings (SSSR count). The topological polar surface area (TPSA) is 57.7 Å². The molecule has 2 aliphatic rings. The van der Waals surface area contributed by atoms with Crippen molar-refractivity contribution in [2.75, 3.05) is 43.4 Å². The van der Waals surface area contributed by atoms with Crippen LogP contribution in [0.25, 0.3) is 10.8 Å². The van der Waals surface area contributed by atoms with Crippen LogP contribution in [-0.2, 0) is 14.6 Å². The molecule has 5 nitrogen and oxygen atoms in total. The quantitative estimate of drug-likeness (QED) is 0.732. The van der Waals surface area contributed by atoms with Gasteiger partial charge in [-0.2, -0.15) is 0 Å². The molecule has 1 amide bonds. The number of benzene rings is 2. The molecular weight excluding hydrogens is 380 g/mol. The van der Waals surface area contributed by atoms with Gasteiger partial charge < -0.3 is 4.90 Å². The smallest absolute Gasteiger partial charge is 0.233 e. The van der Waals surface area contributed by atoms with Crippen molar-refractivity contribution in [1.82, 2.24) is 9.80 Å². The summed E-state index contributed by atoms with van der Waals surface area (Å²) in [5, 5.41) is 2.40. The van der Waals surface area contributed by atoms with Crippen molar-refractivity contribution in [3.05, 3.63) is 42.5 Å². The van der Waals surface area contributed by atoms with Gasteiger partial charge in [-0.1, -0.05) is 30.3 Å². The van der Waals surface area contributed by atoms with Crippen molar-refractivity contribution < 1.29 is 13.2 Å². The van der Waals surface area contributed by atoms with E-state index >= 15 is 0 Å². The number of sulfone groups is 1. The maximum Gasteiger partial charge on any atom is 0.233 e. The average Bonchev–Trinajstić information content (AvgIpc) is 3.06. The van der Waals surface area contributed by atoms with E-state index in [-0.39, 0.29) is 17.7 Å². The molecule has 0 aromatic heterocycles. The van der Waals surface area contributed by atoms with Crippen LogP contribution in [0.5, 0.6) is 0 Å². The molecule has 2 saturated heterocycles. The summed E-state index contributed by atoms with van der Waals surface area (Å²) in [5.41, 5.74) is 0. The SMILES string of the molecule is O=C(CSc1ccc2ccccc2c1)N1CCN(C2CCS(=O)(=O)C2)CC1. The van der Waals surface area contributed by atoms with Crippen LogP contribution >= 0.6 is 11.8 Å². The third-order valence-electron chi connectivity index (χ3n) is 5.48. The Morgan fingerprint density at radius 3 is 2.48 bits per heavy atom. The first-order valence-corrected chi connectivity index (χ1v) is 12.1. The predicted octanol–water partition coefficient (Wildman–Crippen LogP) is 2.26. The Balaban J connectivity index is 1.28. The van der Waals surface area contributed by atoms with E-state index in [1.165, 1.54) is 10.8 Å². The number of nitrogens with zero attached hydrogens (tertiary/aromatic N) is 2.